The summed E-state index contributed by atoms with van der Waals surface area (Å²) in [6, 6.07) is 12.6. The summed E-state index contributed by atoms with van der Waals surface area (Å²) in [5, 5.41) is 4.29. The van der Waals surface area contributed by atoms with Crippen molar-refractivity contribution in [3.05, 3.63) is 52.4 Å². The first-order valence-corrected chi connectivity index (χ1v) is 6.35. The van der Waals surface area contributed by atoms with Crippen molar-refractivity contribution in [3.8, 4) is 0 Å². The summed E-state index contributed by atoms with van der Waals surface area (Å²) in [5.74, 6) is 0. The molecule has 3 rings (SSSR count). The first kappa shape index (κ1) is 10.5. The molecule has 1 atom stereocenters. The zero-order valence-corrected chi connectivity index (χ0v) is 10.1. The van der Waals surface area contributed by atoms with Crippen molar-refractivity contribution in [2.24, 2.45) is 10.7 Å². The van der Waals surface area contributed by atoms with Crippen LogP contribution in [-0.4, -0.2) is 12.5 Å². The molecule has 0 saturated carbocycles. The van der Waals surface area contributed by atoms with Crippen molar-refractivity contribution in [2.45, 2.75) is 12.7 Å². The van der Waals surface area contributed by atoms with Gasteiger partial charge in [-0.3, -0.25) is 10.7 Å². The summed E-state index contributed by atoms with van der Waals surface area (Å²) in [6.45, 7) is 0. The van der Waals surface area contributed by atoms with Crippen LogP contribution in [-0.2, 0) is 6.42 Å². The molecular formula is C13H13N3S. The zero-order chi connectivity index (χ0) is 11.7. The van der Waals surface area contributed by atoms with Crippen LogP contribution in [0.2, 0.25) is 0 Å². The molecular weight excluding hydrogens is 230 g/mol. The molecule has 4 heteroatoms. The second-order valence-corrected chi connectivity index (χ2v) is 5.16. The minimum Gasteiger partial charge on any atom is -0.343 e. The lowest BCUT2D eigenvalue weighted by molar-refractivity contribution is 0.810. The number of hydrogen-bond donors (Lipinski definition) is 2. The summed E-state index contributed by atoms with van der Waals surface area (Å²) >= 11 is 1.75. The fourth-order valence-corrected chi connectivity index (χ4v) is 2.98. The standard InChI is InChI=1S/C13H13N3S/c14-13-15-8-10-7-11(17-12(10)16-13)6-9-4-2-1-3-5-9/h1-5,7-8,13,16H,6,14H2. The Morgan fingerprint density at radius 1 is 1.29 bits per heavy atom. The van der Waals surface area contributed by atoms with E-state index in [1.54, 1.807) is 11.3 Å². The molecule has 0 bridgehead atoms. The van der Waals surface area contributed by atoms with Crippen LogP contribution in [0.3, 0.4) is 0 Å². The Balaban J connectivity index is 1.84. The topological polar surface area (TPSA) is 50.4 Å². The lowest BCUT2D eigenvalue weighted by Crippen LogP contribution is -2.29. The molecule has 1 unspecified atom stereocenters. The molecule has 1 aliphatic rings. The molecule has 3 nitrogen and oxygen atoms in total. The Hall–Kier alpha value is -1.65. The summed E-state index contributed by atoms with van der Waals surface area (Å²) in [6.07, 6.45) is 2.51. The average Bonchev–Trinajstić information content (AvgIpc) is 2.71. The Bertz CT molecular complexity index is 545. The zero-order valence-electron chi connectivity index (χ0n) is 9.26. The van der Waals surface area contributed by atoms with E-state index in [0.29, 0.717) is 0 Å². The van der Waals surface area contributed by atoms with E-state index in [0.717, 1.165) is 17.0 Å². The smallest absolute Gasteiger partial charge is 0.171 e. The lowest BCUT2D eigenvalue weighted by atomic mass is 10.1. The van der Waals surface area contributed by atoms with Gasteiger partial charge in [0.05, 0.1) is 0 Å². The van der Waals surface area contributed by atoms with E-state index in [9.17, 15) is 0 Å². The number of nitrogens with zero attached hydrogens (tertiary/aromatic N) is 1. The summed E-state index contributed by atoms with van der Waals surface area (Å²) in [4.78, 5) is 5.47. The number of fused-ring (bicyclic) bond motifs is 1. The minimum absolute atomic E-state index is 0.300. The van der Waals surface area contributed by atoms with E-state index < -0.39 is 0 Å². The number of aliphatic imine (C=N–C) groups is 1. The number of hydrogen-bond acceptors (Lipinski definition) is 4. The molecule has 0 amide bonds. The minimum atomic E-state index is -0.300. The molecule has 3 N–H and O–H groups in total. The molecule has 2 heterocycles. The molecule has 86 valence electrons. The van der Waals surface area contributed by atoms with Crippen molar-refractivity contribution < 1.29 is 0 Å². The molecule has 1 aromatic heterocycles. The number of nitrogens with two attached hydrogens (primary N) is 1. The maximum atomic E-state index is 5.71. The van der Waals surface area contributed by atoms with E-state index in [4.69, 9.17) is 5.73 Å². The van der Waals surface area contributed by atoms with Crippen LogP contribution in [0.4, 0.5) is 5.00 Å². The van der Waals surface area contributed by atoms with E-state index >= 15 is 0 Å². The van der Waals surface area contributed by atoms with Gasteiger partial charge >= 0.3 is 0 Å². The van der Waals surface area contributed by atoms with E-state index in [-0.39, 0.29) is 6.29 Å². The van der Waals surface area contributed by atoms with Crippen LogP contribution in [0, 0.1) is 0 Å². The molecule has 0 spiro atoms. The van der Waals surface area contributed by atoms with Gasteiger partial charge in [-0.15, -0.1) is 11.3 Å². The number of anilines is 1. The van der Waals surface area contributed by atoms with Gasteiger partial charge in [-0.1, -0.05) is 30.3 Å². The predicted octanol–water partition coefficient (Wildman–Crippen LogP) is 2.43. The monoisotopic (exact) mass is 243 g/mol. The third kappa shape index (κ3) is 2.23. The van der Waals surface area contributed by atoms with Crippen LogP contribution in [0.25, 0.3) is 0 Å². The molecule has 2 aromatic rings. The third-order valence-electron chi connectivity index (χ3n) is 2.69. The molecule has 17 heavy (non-hydrogen) atoms. The summed E-state index contributed by atoms with van der Waals surface area (Å²) in [5.41, 5.74) is 8.18. The number of nitrogens with one attached hydrogen (secondary N) is 1. The maximum Gasteiger partial charge on any atom is 0.171 e. The van der Waals surface area contributed by atoms with Gasteiger partial charge < -0.3 is 5.32 Å². The first-order chi connectivity index (χ1) is 8.31. The van der Waals surface area contributed by atoms with Crippen LogP contribution >= 0.6 is 11.3 Å². The second kappa shape index (κ2) is 4.31. The number of thiophene rings is 1. The highest BCUT2D eigenvalue weighted by Crippen LogP contribution is 2.30. The Morgan fingerprint density at radius 3 is 2.94 bits per heavy atom. The van der Waals surface area contributed by atoms with Crippen LogP contribution in [0.5, 0.6) is 0 Å². The second-order valence-electron chi connectivity index (χ2n) is 4.03. The molecule has 1 aromatic carbocycles. The van der Waals surface area contributed by atoms with Gasteiger partial charge in [-0.2, -0.15) is 0 Å². The highest BCUT2D eigenvalue weighted by atomic mass is 32.1. The average molecular weight is 243 g/mol. The van der Waals surface area contributed by atoms with E-state index in [1.165, 1.54) is 10.4 Å². The van der Waals surface area contributed by atoms with Crippen molar-refractivity contribution in [1.29, 1.82) is 0 Å². The van der Waals surface area contributed by atoms with Gasteiger partial charge in [0.1, 0.15) is 5.00 Å². The third-order valence-corrected chi connectivity index (χ3v) is 3.77. The van der Waals surface area contributed by atoms with E-state index in [1.807, 2.05) is 12.3 Å². The van der Waals surface area contributed by atoms with Crippen molar-refractivity contribution in [2.75, 3.05) is 5.32 Å². The van der Waals surface area contributed by atoms with Gasteiger partial charge in [-0.25, -0.2) is 0 Å². The fourth-order valence-electron chi connectivity index (χ4n) is 1.88. The predicted molar refractivity (Wildman–Crippen MR) is 72.8 cm³/mol. The summed E-state index contributed by atoms with van der Waals surface area (Å²) in [7, 11) is 0. The summed E-state index contributed by atoms with van der Waals surface area (Å²) < 4.78 is 0. The van der Waals surface area contributed by atoms with Crippen LogP contribution in [0.15, 0.2) is 41.4 Å². The maximum absolute atomic E-state index is 5.71. The quantitative estimate of drug-likeness (QED) is 0.851. The Labute approximate surface area is 104 Å². The number of rotatable bonds is 2. The van der Waals surface area contributed by atoms with E-state index in [2.05, 4.69) is 40.6 Å². The molecule has 0 fully saturated rings. The highest BCUT2D eigenvalue weighted by Gasteiger charge is 2.13. The van der Waals surface area contributed by atoms with Crippen molar-refractivity contribution in [1.82, 2.24) is 0 Å². The van der Waals surface area contributed by atoms with Gasteiger partial charge in [-0.05, 0) is 11.6 Å². The van der Waals surface area contributed by atoms with Gasteiger partial charge in [0, 0.05) is 23.1 Å². The molecule has 0 aliphatic carbocycles. The van der Waals surface area contributed by atoms with Crippen LogP contribution in [0.1, 0.15) is 16.0 Å². The first-order valence-electron chi connectivity index (χ1n) is 5.53. The molecule has 1 aliphatic heterocycles. The normalized spacial score (nSPS) is 17.6. The SMILES string of the molecule is NC1N=Cc2cc(Cc3ccccc3)sc2N1. The van der Waals surface area contributed by atoms with Crippen molar-refractivity contribution >= 4 is 22.6 Å². The Morgan fingerprint density at radius 2 is 2.12 bits per heavy atom. The Kier molecular flexibility index (Phi) is 2.66. The largest absolute Gasteiger partial charge is 0.343 e. The lowest BCUT2D eigenvalue weighted by Gasteiger charge is -2.13. The van der Waals surface area contributed by atoms with Crippen LogP contribution < -0.4 is 11.1 Å². The van der Waals surface area contributed by atoms with Crippen molar-refractivity contribution in [3.63, 3.8) is 0 Å². The van der Waals surface area contributed by atoms with Gasteiger partial charge in [0.25, 0.3) is 0 Å². The molecule has 0 radical (unpaired) electrons. The highest BCUT2D eigenvalue weighted by molar-refractivity contribution is 7.16. The van der Waals surface area contributed by atoms with Gasteiger partial charge in [0.15, 0.2) is 6.29 Å². The number of benzene rings is 1. The fraction of sp³-hybridized carbons (Fsp3) is 0.154. The molecule has 0 saturated heterocycles. The van der Waals surface area contributed by atoms with Gasteiger partial charge in [0.2, 0.25) is 0 Å².